The van der Waals surface area contributed by atoms with Gasteiger partial charge in [0, 0.05) is 55.1 Å². The summed E-state index contributed by atoms with van der Waals surface area (Å²) >= 11 is 0. The molecule has 3 aliphatic heterocycles. The SMILES string of the molecule is C#CCCC(NC(=O)[C@@H]1[C@@H]2[C@H](CN1C(=O)[C@@H](NC(=O)NC1(Cc3ccccc3)CCCCC1)C(C)(C)C)C2(C)C)C(=O)C(N)=O.CC(C)(C)[C@H](NC(=O)NC1(Cc2ccncc2)CCCCC1)C(=O)N1C[C@H]2[C@@H]([C@H]1C(=O)NC(CC1CC1)C(=O)C(N)=O)C2(C)C.CC1(C)[C@@H]2[C@@H](C(=O)NC(CC3CC3)C(=O)C(N)=O)N(C(=O)[C@@H](NC(=O)NC3(Cc4ccccc4)CCCCC3)C3CCCCC3)C[C@@H]21. The van der Waals surface area contributed by atoms with E-state index in [-0.39, 0.29) is 112 Å². The normalized spacial score (nSPS) is 26.0. The summed E-state index contributed by atoms with van der Waals surface area (Å²) in [5, 5.41) is 27.4. The number of terminal acetylenes is 1. The lowest BCUT2D eigenvalue weighted by Gasteiger charge is -2.41. The second-order valence-corrected chi connectivity index (χ2v) is 46.3. The molecule has 15 atom stereocenters. The van der Waals surface area contributed by atoms with Crippen molar-refractivity contribution in [2.45, 2.75) is 353 Å². The van der Waals surface area contributed by atoms with E-state index in [4.69, 9.17) is 23.6 Å². The molecule has 2 aromatic carbocycles. The first-order chi connectivity index (χ1) is 64.7. The summed E-state index contributed by atoms with van der Waals surface area (Å²) in [6.45, 7) is 25.0. The minimum atomic E-state index is -1.18. The number of rotatable bonds is 34. The monoisotopic (exact) mass is 1890 g/mol. The number of piperidine rings is 3. The zero-order chi connectivity index (χ0) is 99.2. The van der Waals surface area contributed by atoms with Crippen LogP contribution in [-0.2, 0) is 76.8 Å². The number of nitrogens with two attached hydrogens (primary N) is 3. The van der Waals surface area contributed by atoms with E-state index in [1.807, 2.05) is 90.1 Å². The molecular formula is C106H152N16O15. The number of urea groups is 3. The molecule has 0 radical (unpaired) electrons. The Morgan fingerprint density at radius 3 is 1.03 bits per heavy atom. The number of hydrogen-bond donors (Lipinski definition) is 12. The Bertz CT molecular complexity index is 4970. The van der Waals surface area contributed by atoms with E-state index in [1.54, 1.807) is 27.1 Å². The van der Waals surface area contributed by atoms with Crippen molar-refractivity contribution in [3.05, 3.63) is 102 Å². The molecule has 31 heteroatoms. The number of nitrogens with zero attached hydrogens (tertiary/aromatic N) is 4. The first-order valence-corrected chi connectivity index (χ1v) is 50.7. The first kappa shape index (κ1) is 104. The average molecular weight is 1890 g/mol. The molecule has 15 N–H and O–H groups in total. The molecule has 9 saturated carbocycles. The molecule has 15 amide bonds. The number of carbonyl (C=O) groups is 15. The molecule has 137 heavy (non-hydrogen) atoms. The van der Waals surface area contributed by atoms with Gasteiger partial charge in [-0.15, -0.1) is 12.3 Å². The molecule has 12 aliphatic rings. The Kier molecular flexibility index (Phi) is 32.1. The smallest absolute Gasteiger partial charge is 0.315 e. The topological polar surface area (TPSA) is 465 Å². The number of hydrogen-bond acceptors (Lipinski definition) is 16. The lowest BCUT2D eigenvalue weighted by molar-refractivity contribution is -0.145. The summed E-state index contributed by atoms with van der Waals surface area (Å²) in [7, 11) is 0. The van der Waals surface area contributed by atoms with E-state index in [2.05, 4.69) is 125 Å². The third-order valence-electron chi connectivity index (χ3n) is 33.1. The molecule has 0 spiro atoms. The fourth-order valence-electron chi connectivity index (χ4n) is 24.5. The van der Waals surface area contributed by atoms with Crippen molar-refractivity contribution < 1.29 is 71.9 Å². The Morgan fingerprint density at radius 2 is 0.708 bits per heavy atom. The summed E-state index contributed by atoms with van der Waals surface area (Å²) in [6.07, 6.45) is 35.2. The van der Waals surface area contributed by atoms with Crippen molar-refractivity contribution in [1.29, 1.82) is 0 Å². The molecule has 3 aromatic rings. The number of carbonyl (C=O) groups excluding carboxylic acids is 15. The number of fused-ring (bicyclic) bond motifs is 3. The lowest BCUT2D eigenvalue weighted by atomic mass is 9.77. The number of pyridine rings is 1. The van der Waals surface area contributed by atoms with Crippen LogP contribution < -0.4 is 65.1 Å². The van der Waals surface area contributed by atoms with E-state index in [0.29, 0.717) is 45.3 Å². The van der Waals surface area contributed by atoms with E-state index in [9.17, 15) is 71.9 Å². The number of aromatic nitrogens is 1. The number of ketones is 3. The van der Waals surface area contributed by atoms with E-state index in [0.717, 1.165) is 172 Å². The number of nitrogens with one attached hydrogen (secondary N) is 9. The van der Waals surface area contributed by atoms with Gasteiger partial charge in [0.05, 0.1) is 18.1 Å². The Labute approximate surface area is 808 Å². The number of primary amides is 3. The molecule has 0 bridgehead atoms. The van der Waals surface area contributed by atoms with Gasteiger partial charge in [-0.25, -0.2) is 14.4 Å². The number of amides is 15. The zero-order valence-electron chi connectivity index (χ0n) is 82.7. The quantitative estimate of drug-likeness (QED) is 0.0195. The molecule has 3 unspecified atom stereocenters. The maximum Gasteiger partial charge on any atom is 0.315 e. The van der Waals surface area contributed by atoms with Crippen LogP contribution in [-0.4, -0.2) is 199 Å². The highest BCUT2D eigenvalue weighted by Crippen LogP contribution is 2.67. The second kappa shape index (κ2) is 42.5. The van der Waals surface area contributed by atoms with Gasteiger partial charge < -0.3 is 79.8 Å². The Hall–Kier alpha value is -10.8. The van der Waals surface area contributed by atoms with Gasteiger partial charge in [0.25, 0.3) is 17.7 Å². The van der Waals surface area contributed by atoms with Gasteiger partial charge in [0.1, 0.15) is 36.3 Å². The summed E-state index contributed by atoms with van der Waals surface area (Å²) in [5.74, 6) is -5.12. The zero-order valence-corrected chi connectivity index (χ0v) is 82.7. The fraction of sp³-hybridized carbons (Fsp3) is 0.679. The van der Waals surface area contributed by atoms with Crippen LogP contribution in [0, 0.1) is 92.7 Å². The molecule has 15 rings (SSSR count). The van der Waals surface area contributed by atoms with Gasteiger partial charge in [0.2, 0.25) is 52.8 Å². The summed E-state index contributed by atoms with van der Waals surface area (Å²) < 4.78 is 0. The summed E-state index contributed by atoms with van der Waals surface area (Å²) in [6, 6.07) is 14.9. The molecule has 4 heterocycles. The minimum absolute atomic E-state index is 0.0221. The van der Waals surface area contributed by atoms with Crippen LogP contribution in [0.4, 0.5) is 14.4 Å². The third-order valence-corrected chi connectivity index (χ3v) is 33.1. The summed E-state index contributed by atoms with van der Waals surface area (Å²) in [4.78, 5) is 208. The highest BCUT2D eigenvalue weighted by Gasteiger charge is 2.73. The molecule has 1 aromatic heterocycles. The van der Waals surface area contributed by atoms with Crippen molar-refractivity contribution >= 4 is 88.6 Å². The van der Waals surface area contributed by atoms with Gasteiger partial charge in [0.15, 0.2) is 0 Å². The largest absolute Gasteiger partial charge is 0.363 e. The standard InChI is InChI=1S/C37H53N5O5.C35H49N5O5.C34H50N6O5/c1-36(2)26-22-42(30(28(26)36)33(45)39-27(20-23-16-17-23)31(43)32(38)44)34(46)29(25-14-8-4-9-15-25)40-35(47)41-37(18-10-5-11-19-37)21-24-12-6-3-7-13-24;1-7-8-17-24(27(41)29(36)42)37-30(43)26-25-23(34(25,5)6)21-40(26)31(44)28(33(2,3)4)38-32(45)39-35(18-13-10-14-19-35)20-22-15-11-9-12-16-22;1-32(2,3)27(38-31(45)39-34(13-7-6-8-14-34)18-21-11-15-36-16-12-21)30(44)40-19-22-24(33(22,4)5)25(40)29(43)37-23(17-20-9-10-20)26(41)28(35)42/h3,6-7,12-13,23,25-30H,4-5,8-11,14-22H2,1-2H3,(H2,38,44)(H,39,45)(H2,40,41,47);1,9,11-12,15-16,23-26,28H,8,10,13-14,17-21H2,2-6H3,(H2,36,42)(H,37,43)(H2,38,39,45);11-12,15-16,20,22-25,27H,6-10,13-14,17-19H2,1-5H3,(H2,35,42)(H,37,43)(H2,38,39,45)/t26-,27?,28-,29-,30-;23-,24?,25-,26-,28+;22-,23?,24-,25-,27+/m000/s1. The fourth-order valence-corrected chi connectivity index (χ4v) is 24.5. The van der Waals surface area contributed by atoms with Crippen LogP contribution in [0.25, 0.3) is 0 Å². The molecule has 31 nitrogen and oxygen atoms in total. The first-order valence-electron chi connectivity index (χ1n) is 50.7. The number of likely N-dealkylation sites (tertiary alicyclic amines) is 3. The highest BCUT2D eigenvalue weighted by atomic mass is 16.2. The van der Waals surface area contributed by atoms with E-state index < -0.39 is 141 Å². The van der Waals surface area contributed by atoms with Gasteiger partial charge in [-0.1, -0.05) is 246 Å². The van der Waals surface area contributed by atoms with Crippen LogP contribution in [0.15, 0.2) is 85.2 Å². The van der Waals surface area contributed by atoms with Gasteiger partial charge in [-0.3, -0.25) is 62.5 Å². The van der Waals surface area contributed by atoms with Crippen molar-refractivity contribution in [2.75, 3.05) is 19.6 Å². The van der Waals surface area contributed by atoms with E-state index in [1.165, 1.54) is 5.56 Å². The average Bonchev–Trinajstić information content (AvgIpc) is 1.53. The molecule has 3 saturated heterocycles. The van der Waals surface area contributed by atoms with Crippen LogP contribution in [0.1, 0.15) is 280 Å². The number of Topliss-reactive ketones (excluding diaryl/α,β-unsaturated/α-hetero) is 3. The predicted molar refractivity (Wildman–Crippen MR) is 517 cm³/mol. The minimum Gasteiger partial charge on any atom is -0.363 e. The maximum atomic E-state index is 14.6. The summed E-state index contributed by atoms with van der Waals surface area (Å²) in [5.41, 5.74) is 16.3. The van der Waals surface area contributed by atoms with Crippen LogP contribution >= 0.6 is 0 Å². The van der Waals surface area contributed by atoms with Gasteiger partial charge in [-0.2, -0.15) is 0 Å². The van der Waals surface area contributed by atoms with Crippen LogP contribution in [0.5, 0.6) is 0 Å². The Balaban J connectivity index is 0.000000174. The second-order valence-electron chi connectivity index (χ2n) is 46.3. The van der Waals surface area contributed by atoms with Gasteiger partial charge in [-0.05, 0) is 199 Å². The van der Waals surface area contributed by atoms with Crippen LogP contribution in [0.3, 0.4) is 0 Å². The molecule has 746 valence electrons. The van der Waals surface area contributed by atoms with Crippen molar-refractivity contribution in [2.24, 2.45) is 97.5 Å². The molecule has 12 fully saturated rings. The Morgan fingerprint density at radius 1 is 0.401 bits per heavy atom. The van der Waals surface area contributed by atoms with Crippen molar-refractivity contribution in [3.63, 3.8) is 0 Å². The lowest BCUT2D eigenvalue weighted by Crippen LogP contribution is -2.63. The predicted octanol–water partition coefficient (Wildman–Crippen LogP) is 9.95. The third kappa shape index (κ3) is 24.7. The maximum absolute atomic E-state index is 14.6. The number of benzene rings is 2. The molecule has 9 aliphatic carbocycles. The highest BCUT2D eigenvalue weighted by molar-refractivity contribution is 6.39. The van der Waals surface area contributed by atoms with E-state index >= 15 is 0 Å². The van der Waals surface area contributed by atoms with Crippen LogP contribution in [0.2, 0.25) is 0 Å². The molecular weight excluding hydrogens is 1740 g/mol. The van der Waals surface area contributed by atoms with Crippen molar-refractivity contribution in [3.8, 4) is 12.3 Å². The van der Waals surface area contributed by atoms with Crippen molar-refractivity contribution in [1.82, 2.24) is 67.5 Å². The van der Waals surface area contributed by atoms with Gasteiger partial charge >= 0.3 is 18.1 Å².